The van der Waals surface area contributed by atoms with Gasteiger partial charge in [-0.05, 0) is 57.2 Å². The standard InChI is InChI=1S/C26H28NO4P.BF4/c1-26(2,3)31-25(29)27-23(24(28)30-4)32(20-14-8-5-9-15-20,21-16-10-6-11-17-21)22-18-12-7-13-19-22;2-1(3,4)5/h5-19,23H,1-4H3;/q;-1/p+1. The number of nitrogens with one attached hydrogen (secondary N) is 1. The van der Waals surface area contributed by atoms with Gasteiger partial charge in [0.05, 0.1) is 7.11 Å². The summed E-state index contributed by atoms with van der Waals surface area (Å²) in [6.45, 7) is 5.36. The average Bonchev–Trinajstić information content (AvgIpc) is 2.83. The van der Waals surface area contributed by atoms with E-state index in [1.807, 2.05) is 91.0 Å². The van der Waals surface area contributed by atoms with Gasteiger partial charge in [-0.1, -0.05) is 54.6 Å². The number of benzene rings is 3. The molecule has 0 fully saturated rings. The Hall–Kier alpha value is -3.39. The number of halogens is 4. The van der Waals surface area contributed by atoms with Crippen molar-refractivity contribution in [3.63, 3.8) is 0 Å². The van der Waals surface area contributed by atoms with Crippen LogP contribution in [0.5, 0.6) is 0 Å². The Morgan fingerprint density at radius 1 is 0.757 bits per heavy atom. The second-order valence-electron chi connectivity index (χ2n) is 8.80. The van der Waals surface area contributed by atoms with Crippen LogP contribution in [0, 0.1) is 0 Å². The summed E-state index contributed by atoms with van der Waals surface area (Å²) in [5, 5.41) is 5.72. The lowest BCUT2D eigenvalue weighted by Gasteiger charge is -2.33. The van der Waals surface area contributed by atoms with Crippen molar-refractivity contribution in [3.8, 4) is 0 Å². The summed E-state index contributed by atoms with van der Waals surface area (Å²) < 4.78 is 49.8. The van der Waals surface area contributed by atoms with Crippen LogP contribution in [0.3, 0.4) is 0 Å². The van der Waals surface area contributed by atoms with Crippen molar-refractivity contribution in [3.05, 3.63) is 91.0 Å². The summed E-state index contributed by atoms with van der Waals surface area (Å²) in [4.78, 5) is 26.2. The number of esters is 1. The van der Waals surface area contributed by atoms with E-state index in [0.29, 0.717) is 0 Å². The lowest BCUT2D eigenvalue weighted by molar-refractivity contribution is -0.140. The molecule has 3 aromatic carbocycles. The first-order valence-electron chi connectivity index (χ1n) is 11.3. The minimum Gasteiger partial charge on any atom is -0.465 e. The molecule has 1 atom stereocenters. The number of ether oxygens (including phenoxy) is 2. The summed E-state index contributed by atoms with van der Waals surface area (Å²) in [7, 11) is -7.41. The molecular formula is C26H29BF4NO4P. The smallest absolute Gasteiger partial charge is 0.465 e. The zero-order chi connectivity index (χ0) is 27.7. The summed E-state index contributed by atoms with van der Waals surface area (Å²) in [6, 6.07) is 29.5. The van der Waals surface area contributed by atoms with Crippen LogP contribution in [0.2, 0.25) is 0 Å². The predicted molar refractivity (Wildman–Crippen MR) is 141 cm³/mol. The van der Waals surface area contributed by atoms with Crippen LogP contribution in [0.4, 0.5) is 22.1 Å². The molecule has 0 spiro atoms. The largest absolute Gasteiger partial charge is 0.673 e. The van der Waals surface area contributed by atoms with E-state index in [0.717, 1.165) is 15.9 Å². The first-order chi connectivity index (χ1) is 17.3. The van der Waals surface area contributed by atoms with Crippen LogP contribution in [0.25, 0.3) is 0 Å². The molecule has 1 amide bonds. The molecule has 198 valence electrons. The molecule has 0 radical (unpaired) electrons. The highest BCUT2D eigenvalue weighted by Gasteiger charge is 2.57. The summed E-state index contributed by atoms with van der Waals surface area (Å²) in [5.74, 6) is -1.50. The second-order valence-corrected chi connectivity index (χ2v) is 12.3. The fourth-order valence-corrected chi connectivity index (χ4v) is 8.17. The number of rotatable bonds is 6. The maximum Gasteiger partial charge on any atom is 0.673 e. The lowest BCUT2D eigenvalue weighted by atomic mass is 10.2. The van der Waals surface area contributed by atoms with Crippen molar-refractivity contribution in [2.24, 2.45) is 0 Å². The molecule has 11 heteroatoms. The highest BCUT2D eigenvalue weighted by atomic mass is 31.2. The van der Waals surface area contributed by atoms with Crippen molar-refractivity contribution in [2.45, 2.75) is 32.2 Å². The van der Waals surface area contributed by atoms with Gasteiger partial charge in [-0.3, -0.25) is 5.32 Å². The van der Waals surface area contributed by atoms with Gasteiger partial charge in [0.1, 0.15) is 28.8 Å². The Labute approximate surface area is 214 Å². The zero-order valence-corrected chi connectivity index (χ0v) is 21.8. The molecule has 0 aromatic heterocycles. The number of hydrogen-bond acceptors (Lipinski definition) is 4. The Morgan fingerprint density at radius 3 is 1.35 bits per heavy atom. The normalized spacial score (nSPS) is 12.4. The number of amides is 1. The maximum atomic E-state index is 13.3. The van der Waals surface area contributed by atoms with Crippen LogP contribution in [0.1, 0.15) is 20.8 Å². The van der Waals surface area contributed by atoms with Crippen molar-refractivity contribution in [2.75, 3.05) is 7.11 Å². The van der Waals surface area contributed by atoms with Gasteiger partial charge in [-0.25, -0.2) is 9.59 Å². The maximum absolute atomic E-state index is 13.3. The first kappa shape index (κ1) is 29.8. The van der Waals surface area contributed by atoms with E-state index in [1.54, 1.807) is 20.8 Å². The van der Waals surface area contributed by atoms with Gasteiger partial charge in [0, 0.05) is 0 Å². The van der Waals surface area contributed by atoms with Gasteiger partial charge >= 0.3 is 19.3 Å². The monoisotopic (exact) mass is 537 g/mol. The molecule has 0 saturated carbocycles. The van der Waals surface area contributed by atoms with Gasteiger partial charge in [-0.15, -0.1) is 0 Å². The topological polar surface area (TPSA) is 64.6 Å². The van der Waals surface area contributed by atoms with Gasteiger partial charge in [-0.2, -0.15) is 0 Å². The molecule has 0 aliphatic heterocycles. The molecule has 0 bridgehead atoms. The van der Waals surface area contributed by atoms with Gasteiger partial charge in [0.15, 0.2) is 0 Å². The molecule has 0 aliphatic rings. The number of hydrogen-bond donors (Lipinski definition) is 1. The molecule has 0 heterocycles. The minimum atomic E-state index is -6.00. The highest BCUT2D eigenvalue weighted by Crippen LogP contribution is 2.59. The van der Waals surface area contributed by atoms with E-state index in [2.05, 4.69) is 5.32 Å². The van der Waals surface area contributed by atoms with E-state index in [9.17, 15) is 26.9 Å². The van der Waals surface area contributed by atoms with Crippen LogP contribution < -0.4 is 21.2 Å². The summed E-state index contributed by atoms with van der Waals surface area (Å²) >= 11 is 0. The highest BCUT2D eigenvalue weighted by molar-refractivity contribution is 7.96. The van der Waals surface area contributed by atoms with Gasteiger partial charge in [0.25, 0.3) is 5.78 Å². The molecule has 5 nitrogen and oxygen atoms in total. The quantitative estimate of drug-likeness (QED) is 0.201. The Bertz CT molecular complexity index is 1040. The number of carbonyl (C=O) groups is 2. The number of carbonyl (C=O) groups excluding carboxylic acids is 2. The Morgan fingerprint density at radius 2 is 1.08 bits per heavy atom. The fraction of sp³-hybridized carbons (Fsp3) is 0.231. The van der Waals surface area contributed by atoms with Crippen molar-refractivity contribution in [1.82, 2.24) is 5.32 Å². The molecule has 0 aliphatic carbocycles. The van der Waals surface area contributed by atoms with E-state index in [-0.39, 0.29) is 0 Å². The van der Waals surface area contributed by atoms with Crippen molar-refractivity contribution in [1.29, 1.82) is 0 Å². The first-order valence-corrected chi connectivity index (χ1v) is 13.1. The molecule has 3 rings (SSSR count). The van der Waals surface area contributed by atoms with E-state index in [4.69, 9.17) is 9.47 Å². The van der Waals surface area contributed by atoms with Crippen LogP contribution in [-0.4, -0.2) is 37.8 Å². The third-order valence-electron chi connectivity index (χ3n) is 4.96. The zero-order valence-electron chi connectivity index (χ0n) is 20.9. The van der Waals surface area contributed by atoms with E-state index >= 15 is 0 Å². The van der Waals surface area contributed by atoms with E-state index in [1.165, 1.54) is 7.11 Å². The van der Waals surface area contributed by atoms with Gasteiger partial charge in [0.2, 0.25) is 0 Å². The molecule has 0 saturated heterocycles. The molecule has 37 heavy (non-hydrogen) atoms. The molecule has 1 N–H and O–H groups in total. The van der Waals surface area contributed by atoms with Crippen molar-refractivity contribution >= 4 is 42.5 Å². The third-order valence-corrected chi connectivity index (χ3v) is 9.41. The van der Waals surface area contributed by atoms with Gasteiger partial charge < -0.3 is 26.7 Å². The van der Waals surface area contributed by atoms with Crippen molar-refractivity contribution < 1.29 is 36.3 Å². The van der Waals surface area contributed by atoms with Crippen LogP contribution in [0.15, 0.2) is 91.0 Å². The molecular weight excluding hydrogens is 508 g/mol. The van der Waals surface area contributed by atoms with Crippen LogP contribution >= 0.6 is 7.26 Å². The SMILES string of the molecule is COC(=O)C(NC(=O)OC(C)(C)C)[P+](c1ccccc1)(c1ccccc1)c1ccccc1.F[B-](F)(F)F. The lowest BCUT2D eigenvalue weighted by Crippen LogP contribution is -2.52. The Balaban J connectivity index is 0.000000877. The fourth-order valence-electron chi connectivity index (χ4n) is 3.73. The molecule has 3 aromatic rings. The van der Waals surface area contributed by atoms with Crippen LogP contribution in [-0.2, 0) is 14.3 Å². The Kier molecular flexibility index (Phi) is 10.3. The number of alkyl carbamates (subject to hydrolysis) is 1. The predicted octanol–water partition coefficient (Wildman–Crippen LogP) is 5.30. The molecule has 1 unspecified atom stereocenters. The summed E-state index contributed by atoms with van der Waals surface area (Å²) in [6.07, 6.45) is -0.667. The second kappa shape index (κ2) is 12.7. The third kappa shape index (κ3) is 8.60. The number of methoxy groups -OCH3 is 1. The van der Waals surface area contributed by atoms with E-state index < -0.39 is 38.0 Å². The summed E-state index contributed by atoms with van der Waals surface area (Å²) in [5.41, 5.74) is -0.710. The minimum absolute atomic E-state index is 0.527. The average molecular weight is 537 g/mol.